The fourth-order valence-corrected chi connectivity index (χ4v) is 5.73. The summed E-state index contributed by atoms with van der Waals surface area (Å²) in [4.78, 5) is 60.9. The molecule has 4 aromatic rings. The number of hydrogen-bond acceptors (Lipinski definition) is 6. The summed E-state index contributed by atoms with van der Waals surface area (Å²) in [5.74, 6) is -0.841. The molecule has 2 aromatic carbocycles. The zero-order valence-electron chi connectivity index (χ0n) is 22.8. The lowest BCUT2D eigenvalue weighted by Gasteiger charge is -2.19. The van der Waals surface area contributed by atoms with Crippen molar-refractivity contribution in [3.05, 3.63) is 58.4 Å². The molecule has 208 valence electrons. The highest BCUT2D eigenvalue weighted by Crippen LogP contribution is 2.48. The topological polar surface area (TPSA) is 125 Å². The minimum atomic E-state index is -0.569. The van der Waals surface area contributed by atoms with E-state index in [1.54, 1.807) is 49.2 Å². The van der Waals surface area contributed by atoms with Gasteiger partial charge in [0, 0.05) is 65.0 Å². The molecule has 10 nitrogen and oxygen atoms in total. The Kier molecular flexibility index (Phi) is 7.17. The van der Waals surface area contributed by atoms with Crippen molar-refractivity contribution in [2.75, 3.05) is 37.5 Å². The van der Waals surface area contributed by atoms with Crippen LogP contribution in [0.25, 0.3) is 21.8 Å². The number of alkyl halides is 1. The summed E-state index contributed by atoms with van der Waals surface area (Å²) in [6.45, 7) is 5.85. The fourth-order valence-electron chi connectivity index (χ4n) is 5.20. The van der Waals surface area contributed by atoms with Crippen molar-refractivity contribution in [1.82, 2.24) is 14.9 Å². The lowest BCUT2D eigenvalue weighted by molar-refractivity contribution is 0.0601. The summed E-state index contributed by atoms with van der Waals surface area (Å²) in [5, 5.41) is 1.83. The molecule has 2 aromatic heterocycles. The Morgan fingerprint density at radius 1 is 1.15 bits per heavy atom. The van der Waals surface area contributed by atoms with Gasteiger partial charge in [-0.1, -0.05) is 15.9 Å². The van der Waals surface area contributed by atoms with Gasteiger partial charge in [-0.15, -0.1) is 0 Å². The van der Waals surface area contributed by atoms with E-state index in [0.29, 0.717) is 57.5 Å². The molecule has 0 radical (unpaired) electrons. The Morgan fingerprint density at radius 3 is 2.55 bits per heavy atom. The lowest BCUT2D eigenvalue weighted by Crippen LogP contribution is -2.31. The molecule has 0 saturated carbocycles. The van der Waals surface area contributed by atoms with Crippen molar-refractivity contribution >= 4 is 67.2 Å². The zero-order chi connectivity index (χ0) is 28.9. The van der Waals surface area contributed by atoms with Crippen LogP contribution in [0.3, 0.4) is 0 Å². The van der Waals surface area contributed by atoms with Crippen molar-refractivity contribution in [3.8, 4) is 5.75 Å². The number of ketones is 1. The minimum absolute atomic E-state index is 0.0624. The summed E-state index contributed by atoms with van der Waals surface area (Å²) in [5.41, 5.74) is 4.33. The van der Waals surface area contributed by atoms with Crippen LogP contribution in [0.15, 0.2) is 30.3 Å². The van der Waals surface area contributed by atoms with Crippen LogP contribution in [0, 0.1) is 6.92 Å². The molecule has 40 heavy (non-hydrogen) atoms. The maximum atomic E-state index is 14.0. The van der Waals surface area contributed by atoms with Crippen molar-refractivity contribution in [2.45, 2.75) is 26.7 Å². The number of H-pyrrole nitrogens is 2. The van der Waals surface area contributed by atoms with Gasteiger partial charge in [0.2, 0.25) is 0 Å². The zero-order valence-corrected chi connectivity index (χ0v) is 24.4. The molecule has 0 fully saturated rings. The molecule has 1 atom stereocenters. The van der Waals surface area contributed by atoms with E-state index in [1.165, 1.54) is 18.9 Å². The average molecular weight is 609 g/mol. The number of esters is 1. The Morgan fingerprint density at radius 2 is 1.90 bits per heavy atom. The Bertz CT molecular complexity index is 1700. The predicted octanol–water partition coefficient (Wildman–Crippen LogP) is 5.54. The van der Waals surface area contributed by atoms with Gasteiger partial charge in [0.05, 0.1) is 23.9 Å². The normalized spacial score (nSPS) is 14.4. The third kappa shape index (κ3) is 4.43. The smallest absolute Gasteiger partial charge is 0.415 e. The van der Waals surface area contributed by atoms with Crippen molar-refractivity contribution in [3.63, 3.8) is 0 Å². The number of carbonyl (C=O) groups is 4. The maximum absolute atomic E-state index is 14.0. The van der Waals surface area contributed by atoms with Gasteiger partial charge in [-0.3, -0.25) is 9.59 Å². The van der Waals surface area contributed by atoms with Crippen LogP contribution in [0.4, 0.5) is 10.5 Å². The molecule has 0 bridgehead atoms. The van der Waals surface area contributed by atoms with E-state index in [1.807, 2.05) is 6.92 Å². The second-order valence-corrected chi connectivity index (χ2v) is 10.5. The van der Waals surface area contributed by atoms with Crippen molar-refractivity contribution in [2.24, 2.45) is 0 Å². The number of benzene rings is 2. The monoisotopic (exact) mass is 608 g/mol. The van der Waals surface area contributed by atoms with E-state index in [0.717, 1.165) is 16.5 Å². The van der Waals surface area contributed by atoms with E-state index in [9.17, 15) is 19.2 Å². The number of nitrogens with one attached hydrogen (secondary N) is 2. The second-order valence-electron chi connectivity index (χ2n) is 9.86. The van der Waals surface area contributed by atoms with Gasteiger partial charge >= 0.3 is 12.1 Å². The highest BCUT2D eigenvalue weighted by molar-refractivity contribution is 9.09. The summed E-state index contributed by atoms with van der Waals surface area (Å²) in [6.07, 6.45) is -0.569. The molecule has 1 unspecified atom stereocenters. The number of amides is 2. The molecule has 0 saturated heterocycles. The number of aromatic amines is 2. The average Bonchev–Trinajstić information content (AvgIpc) is 3.63. The fraction of sp³-hybridized carbons (Fsp3) is 0.310. The molecular weight excluding hydrogens is 580 g/mol. The number of nitrogens with zero attached hydrogens (tertiary/aromatic N) is 2. The number of hydrogen-bond donors (Lipinski definition) is 2. The summed E-state index contributed by atoms with van der Waals surface area (Å²) >= 11 is 3.59. The molecule has 3 heterocycles. The first kappa shape index (κ1) is 27.4. The van der Waals surface area contributed by atoms with Crippen LogP contribution >= 0.6 is 15.9 Å². The lowest BCUT2D eigenvalue weighted by atomic mass is 9.95. The molecule has 5 rings (SSSR count). The molecule has 0 spiro atoms. The summed E-state index contributed by atoms with van der Waals surface area (Å²) in [7, 11) is 2.93. The van der Waals surface area contributed by atoms with Gasteiger partial charge in [0.15, 0.2) is 11.5 Å². The van der Waals surface area contributed by atoms with Crippen molar-refractivity contribution < 1.29 is 28.7 Å². The van der Waals surface area contributed by atoms with Crippen LogP contribution in [0.5, 0.6) is 5.75 Å². The largest absolute Gasteiger partial charge is 0.465 e. The Labute approximate surface area is 238 Å². The number of rotatable bonds is 6. The van der Waals surface area contributed by atoms with E-state index in [2.05, 4.69) is 25.9 Å². The highest BCUT2D eigenvalue weighted by Gasteiger charge is 2.38. The minimum Gasteiger partial charge on any atom is -0.465 e. The van der Waals surface area contributed by atoms with Crippen LogP contribution < -0.4 is 9.64 Å². The van der Waals surface area contributed by atoms with E-state index >= 15 is 0 Å². The van der Waals surface area contributed by atoms with E-state index in [-0.39, 0.29) is 23.4 Å². The molecule has 2 N–H and O–H groups in total. The van der Waals surface area contributed by atoms with Crippen LogP contribution in [-0.2, 0) is 4.74 Å². The number of anilines is 1. The van der Waals surface area contributed by atoms with Gasteiger partial charge in [0.25, 0.3) is 5.91 Å². The predicted molar refractivity (Wildman–Crippen MR) is 155 cm³/mol. The standard InChI is InChI=1S/C29H29BrN4O6/c1-6-33(4)29(38)40-22-11-21-24(25-23(28(37)39-5)14(2)31-26(22)25)18(12-30)13-34(21)27(36)20-10-17-9-16(15(3)35)7-8-19(17)32-20/h7-11,18,31-32H,6,12-13H2,1-5H3. The summed E-state index contributed by atoms with van der Waals surface area (Å²) < 4.78 is 10.9. The Hall–Kier alpha value is -4.12. The SMILES string of the molecule is CCN(C)C(=O)Oc1cc2c(c3c(C(=O)OC)c(C)[nH]c13)C(CBr)CN2C(=O)c1cc2cc(C(C)=O)ccc2[nH]1. The van der Waals surface area contributed by atoms with E-state index < -0.39 is 12.1 Å². The maximum Gasteiger partial charge on any atom is 0.415 e. The number of aromatic nitrogens is 2. The van der Waals surface area contributed by atoms with Gasteiger partial charge < -0.3 is 29.2 Å². The van der Waals surface area contributed by atoms with Gasteiger partial charge in [-0.2, -0.15) is 0 Å². The molecule has 1 aliphatic rings. The number of fused-ring (bicyclic) bond motifs is 4. The Balaban J connectivity index is 1.69. The quantitative estimate of drug-likeness (QED) is 0.168. The number of ether oxygens (including phenoxy) is 2. The number of Topliss-reactive ketones (excluding diaryl/α,β-unsaturated/α-hetero) is 1. The first-order valence-electron chi connectivity index (χ1n) is 12.8. The van der Waals surface area contributed by atoms with E-state index in [4.69, 9.17) is 9.47 Å². The highest BCUT2D eigenvalue weighted by atomic mass is 79.9. The van der Waals surface area contributed by atoms with Crippen LogP contribution in [-0.4, -0.2) is 71.2 Å². The van der Waals surface area contributed by atoms with Crippen LogP contribution in [0.2, 0.25) is 0 Å². The van der Waals surface area contributed by atoms with Gasteiger partial charge in [-0.25, -0.2) is 9.59 Å². The van der Waals surface area contributed by atoms with Gasteiger partial charge in [0.1, 0.15) is 5.69 Å². The molecule has 2 amide bonds. The number of carbonyl (C=O) groups excluding carboxylic acids is 4. The molecule has 1 aliphatic heterocycles. The number of methoxy groups -OCH3 is 1. The summed E-state index contributed by atoms with van der Waals surface area (Å²) in [6, 6.07) is 8.64. The van der Waals surface area contributed by atoms with Crippen molar-refractivity contribution in [1.29, 1.82) is 0 Å². The molecule has 0 aliphatic carbocycles. The number of halogens is 1. The number of aryl methyl sites for hydroxylation is 1. The van der Waals surface area contributed by atoms with Gasteiger partial charge in [-0.05, 0) is 50.6 Å². The third-order valence-electron chi connectivity index (χ3n) is 7.41. The third-order valence-corrected chi connectivity index (χ3v) is 8.19. The first-order valence-corrected chi connectivity index (χ1v) is 13.9. The second kappa shape index (κ2) is 10.5. The molecule has 11 heteroatoms. The van der Waals surface area contributed by atoms with Crippen LogP contribution in [0.1, 0.15) is 62.2 Å². The molecular formula is C29H29BrN4O6. The first-order chi connectivity index (χ1) is 19.1.